The smallest absolute Gasteiger partial charge is 0.337 e. The Morgan fingerprint density at radius 2 is 1.37 bits per heavy atom. The molecule has 3 rings (SSSR count). The number of carboxylic acids is 1. The Morgan fingerprint density at radius 3 is 1.97 bits per heavy atom. The first-order valence-electron chi connectivity index (χ1n) is 11.4. The SMILES string of the molecule is CC(C)(C)c1ccc(OCCCC(=O)Nc2ccccc2C(=O)Nc2ccccc2C(=O)O)cc1. The monoisotopic (exact) mass is 474 g/mol. The van der Waals surface area contributed by atoms with Gasteiger partial charge in [0.1, 0.15) is 5.75 Å². The van der Waals surface area contributed by atoms with E-state index in [1.807, 2.05) is 24.3 Å². The number of hydrogen-bond acceptors (Lipinski definition) is 4. The average Bonchev–Trinajstić information content (AvgIpc) is 2.82. The Labute approximate surface area is 205 Å². The lowest BCUT2D eigenvalue weighted by Crippen LogP contribution is -2.19. The first kappa shape index (κ1) is 25.5. The van der Waals surface area contributed by atoms with Crippen LogP contribution in [-0.2, 0) is 10.2 Å². The van der Waals surface area contributed by atoms with Crippen molar-refractivity contribution in [1.29, 1.82) is 0 Å². The highest BCUT2D eigenvalue weighted by atomic mass is 16.5. The third-order valence-electron chi connectivity index (χ3n) is 5.39. The van der Waals surface area contributed by atoms with Crippen LogP contribution in [0.25, 0.3) is 0 Å². The number of amides is 2. The molecule has 0 spiro atoms. The van der Waals surface area contributed by atoms with Gasteiger partial charge in [-0.25, -0.2) is 4.79 Å². The van der Waals surface area contributed by atoms with Gasteiger partial charge in [0.25, 0.3) is 5.91 Å². The molecule has 0 bridgehead atoms. The van der Waals surface area contributed by atoms with Crippen LogP contribution in [0.5, 0.6) is 5.75 Å². The van der Waals surface area contributed by atoms with E-state index in [-0.39, 0.29) is 34.6 Å². The molecule has 0 atom stereocenters. The van der Waals surface area contributed by atoms with Crippen molar-refractivity contribution in [3.8, 4) is 5.75 Å². The van der Waals surface area contributed by atoms with Gasteiger partial charge in [-0.15, -0.1) is 0 Å². The number of ether oxygens (including phenoxy) is 1. The zero-order chi connectivity index (χ0) is 25.4. The molecule has 0 heterocycles. The topological polar surface area (TPSA) is 105 Å². The van der Waals surface area contributed by atoms with Crippen LogP contribution in [0.3, 0.4) is 0 Å². The van der Waals surface area contributed by atoms with E-state index in [1.165, 1.54) is 17.7 Å². The summed E-state index contributed by atoms with van der Waals surface area (Å²) < 4.78 is 5.74. The standard InChI is InChI=1S/C28H30N2O5/c1-28(2,3)19-14-16-20(17-15-19)35-18-8-13-25(31)29-23-11-6-4-9-21(23)26(32)30-24-12-7-5-10-22(24)27(33)34/h4-7,9-12,14-17H,8,13,18H2,1-3H3,(H,29,31)(H,30,32)(H,33,34). The van der Waals surface area contributed by atoms with E-state index >= 15 is 0 Å². The Balaban J connectivity index is 1.54. The number of carbonyl (C=O) groups is 3. The van der Waals surface area contributed by atoms with Crippen LogP contribution < -0.4 is 15.4 Å². The largest absolute Gasteiger partial charge is 0.494 e. The van der Waals surface area contributed by atoms with Gasteiger partial charge in [0.15, 0.2) is 0 Å². The van der Waals surface area contributed by atoms with Gasteiger partial charge in [-0.1, -0.05) is 57.2 Å². The third-order valence-corrected chi connectivity index (χ3v) is 5.39. The molecule has 0 saturated carbocycles. The van der Waals surface area contributed by atoms with Gasteiger partial charge in [0, 0.05) is 6.42 Å². The molecule has 2 amide bonds. The molecule has 0 aliphatic heterocycles. The van der Waals surface area contributed by atoms with Gasteiger partial charge in [-0.2, -0.15) is 0 Å². The second-order valence-corrected chi connectivity index (χ2v) is 9.13. The van der Waals surface area contributed by atoms with Gasteiger partial charge in [0.2, 0.25) is 5.91 Å². The maximum absolute atomic E-state index is 12.8. The molecule has 0 saturated heterocycles. The number of benzene rings is 3. The summed E-state index contributed by atoms with van der Waals surface area (Å²) in [6, 6.07) is 20.7. The molecule has 35 heavy (non-hydrogen) atoms. The minimum absolute atomic E-state index is 0.0181. The number of rotatable bonds is 9. The maximum atomic E-state index is 12.8. The molecule has 3 aromatic carbocycles. The van der Waals surface area contributed by atoms with Crippen molar-refractivity contribution in [3.63, 3.8) is 0 Å². The minimum Gasteiger partial charge on any atom is -0.494 e. The zero-order valence-electron chi connectivity index (χ0n) is 20.1. The molecule has 0 radical (unpaired) electrons. The fraction of sp³-hybridized carbons (Fsp3) is 0.250. The molecular weight excluding hydrogens is 444 g/mol. The van der Waals surface area contributed by atoms with Crippen molar-refractivity contribution in [3.05, 3.63) is 89.5 Å². The average molecular weight is 475 g/mol. The quantitative estimate of drug-likeness (QED) is 0.344. The number of carboxylic acid groups (broad SMARTS) is 1. The van der Waals surface area contributed by atoms with Crippen molar-refractivity contribution in [2.24, 2.45) is 0 Å². The van der Waals surface area contributed by atoms with E-state index in [2.05, 4.69) is 31.4 Å². The first-order chi connectivity index (χ1) is 16.6. The van der Waals surface area contributed by atoms with Crippen LogP contribution in [0.15, 0.2) is 72.8 Å². The van der Waals surface area contributed by atoms with Crippen LogP contribution in [0.1, 0.15) is 59.9 Å². The van der Waals surface area contributed by atoms with E-state index in [0.717, 1.165) is 5.75 Å². The van der Waals surface area contributed by atoms with Crippen molar-refractivity contribution < 1.29 is 24.2 Å². The predicted octanol–water partition coefficient (Wildman–Crippen LogP) is 5.73. The van der Waals surface area contributed by atoms with E-state index in [9.17, 15) is 19.5 Å². The van der Waals surface area contributed by atoms with Gasteiger partial charge in [0.05, 0.1) is 29.1 Å². The van der Waals surface area contributed by atoms with E-state index in [0.29, 0.717) is 18.7 Å². The van der Waals surface area contributed by atoms with Crippen LogP contribution in [0.4, 0.5) is 11.4 Å². The molecule has 0 unspecified atom stereocenters. The molecule has 182 valence electrons. The van der Waals surface area contributed by atoms with Crippen LogP contribution >= 0.6 is 0 Å². The zero-order valence-corrected chi connectivity index (χ0v) is 20.1. The highest BCUT2D eigenvalue weighted by Gasteiger charge is 2.17. The van der Waals surface area contributed by atoms with Crippen LogP contribution in [0.2, 0.25) is 0 Å². The number of hydrogen-bond donors (Lipinski definition) is 3. The molecule has 7 heteroatoms. The summed E-state index contributed by atoms with van der Waals surface area (Å²) in [5.74, 6) is -1.16. The lowest BCUT2D eigenvalue weighted by molar-refractivity contribution is -0.116. The normalized spacial score (nSPS) is 10.9. The van der Waals surface area contributed by atoms with Gasteiger partial charge >= 0.3 is 5.97 Å². The van der Waals surface area contributed by atoms with E-state index in [4.69, 9.17) is 4.74 Å². The maximum Gasteiger partial charge on any atom is 0.337 e. The summed E-state index contributed by atoms with van der Waals surface area (Å²) in [6.45, 7) is 6.84. The lowest BCUT2D eigenvalue weighted by Gasteiger charge is -2.19. The fourth-order valence-corrected chi connectivity index (χ4v) is 3.44. The number of carbonyl (C=O) groups excluding carboxylic acids is 2. The van der Waals surface area contributed by atoms with Crippen molar-refractivity contribution in [1.82, 2.24) is 0 Å². The van der Waals surface area contributed by atoms with E-state index < -0.39 is 11.9 Å². The summed E-state index contributed by atoms with van der Waals surface area (Å²) in [7, 11) is 0. The number of anilines is 2. The fourth-order valence-electron chi connectivity index (χ4n) is 3.44. The Bertz CT molecular complexity index is 1200. The molecule has 3 aromatic rings. The minimum atomic E-state index is -1.14. The predicted molar refractivity (Wildman–Crippen MR) is 136 cm³/mol. The Morgan fingerprint density at radius 1 is 0.800 bits per heavy atom. The highest BCUT2D eigenvalue weighted by Crippen LogP contribution is 2.24. The number of nitrogens with one attached hydrogen (secondary N) is 2. The first-order valence-corrected chi connectivity index (χ1v) is 11.4. The molecule has 0 aromatic heterocycles. The van der Waals surface area contributed by atoms with Crippen molar-refractivity contribution >= 4 is 29.2 Å². The third kappa shape index (κ3) is 7.17. The molecular formula is C28H30N2O5. The van der Waals surface area contributed by atoms with Gasteiger partial charge < -0.3 is 20.5 Å². The molecule has 3 N–H and O–H groups in total. The Kier molecular flexibility index (Phi) is 8.25. The van der Waals surface area contributed by atoms with E-state index in [1.54, 1.807) is 36.4 Å². The van der Waals surface area contributed by atoms with Crippen LogP contribution in [0, 0.1) is 0 Å². The molecule has 0 fully saturated rings. The molecule has 0 aliphatic carbocycles. The molecule has 0 aliphatic rings. The number of aromatic carboxylic acids is 1. The second-order valence-electron chi connectivity index (χ2n) is 9.13. The summed E-state index contributed by atoms with van der Waals surface area (Å²) in [5.41, 5.74) is 2.04. The molecule has 7 nitrogen and oxygen atoms in total. The highest BCUT2D eigenvalue weighted by molar-refractivity contribution is 6.12. The van der Waals surface area contributed by atoms with Gasteiger partial charge in [-0.3, -0.25) is 9.59 Å². The summed E-state index contributed by atoms with van der Waals surface area (Å²) in [6.07, 6.45) is 0.727. The summed E-state index contributed by atoms with van der Waals surface area (Å²) in [4.78, 5) is 36.7. The Hall–Kier alpha value is -4.13. The summed E-state index contributed by atoms with van der Waals surface area (Å²) >= 11 is 0. The van der Waals surface area contributed by atoms with Gasteiger partial charge in [-0.05, 0) is 53.8 Å². The van der Waals surface area contributed by atoms with Crippen molar-refractivity contribution in [2.45, 2.75) is 39.0 Å². The number of para-hydroxylation sites is 2. The summed E-state index contributed by atoms with van der Waals surface area (Å²) in [5, 5.41) is 14.7. The second kappa shape index (κ2) is 11.3. The van der Waals surface area contributed by atoms with Crippen molar-refractivity contribution in [2.75, 3.05) is 17.2 Å². The lowest BCUT2D eigenvalue weighted by atomic mass is 9.87. The van der Waals surface area contributed by atoms with Crippen LogP contribution in [-0.4, -0.2) is 29.5 Å².